The molecule has 0 bridgehead atoms. The maximum atomic E-state index is 12.8. The Morgan fingerprint density at radius 1 is 1.17 bits per heavy atom. The molecule has 6 nitrogen and oxygen atoms in total. The van der Waals surface area contributed by atoms with Gasteiger partial charge in [-0.05, 0) is 76.3 Å². The van der Waals surface area contributed by atoms with Crippen molar-refractivity contribution < 1.29 is 9.53 Å². The van der Waals surface area contributed by atoms with Crippen LogP contribution in [-0.4, -0.2) is 27.3 Å². The predicted octanol–water partition coefficient (Wildman–Crippen LogP) is 5.49. The first kappa shape index (κ1) is 22.0. The second-order valence-electron chi connectivity index (χ2n) is 7.82. The maximum absolute atomic E-state index is 12.8. The van der Waals surface area contributed by atoms with Crippen molar-refractivity contribution in [2.45, 2.75) is 54.4 Å². The molecule has 2 heterocycles. The van der Waals surface area contributed by atoms with E-state index < -0.39 is 0 Å². The number of hydrogen-bond acceptors (Lipinski definition) is 5. The Bertz CT molecular complexity index is 1020. The number of aromatic nitrogens is 3. The lowest BCUT2D eigenvalue weighted by atomic mass is 10.0. The van der Waals surface area contributed by atoms with E-state index >= 15 is 0 Å². The number of carbonyl (C=O) groups excluding carboxylic acids is 1. The van der Waals surface area contributed by atoms with Gasteiger partial charge >= 0.3 is 0 Å². The van der Waals surface area contributed by atoms with Crippen LogP contribution in [0, 0.1) is 26.7 Å². The second-order valence-corrected chi connectivity index (χ2v) is 8.79. The Kier molecular flexibility index (Phi) is 6.92. The summed E-state index contributed by atoms with van der Waals surface area (Å²) in [4.78, 5) is 18.0. The minimum atomic E-state index is -0.165. The van der Waals surface area contributed by atoms with Gasteiger partial charge in [-0.15, -0.1) is 0 Å². The van der Waals surface area contributed by atoms with Gasteiger partial charge in [0.15, 0.2) is 0 Å². The largest absolute Gasteiger partial charge is 0.494 e. The Balaban J connectivity index is 1.79. The molecule has 1 amide bonds. The van der Waals surface area contributed by atoms with E-state index in [9.17, 15) is 4.79 Å². The quantitative estimate of drug-likeness (QED) is 0.517. The highest BCUT2D eigenvalue weighted by molar-refractivity contribution is 7.16. The first-order chi connectivity index (χ1) is 14.3. The third-order valence-corrected chi connectivity index (χ3v) is 6.14. The number of carbonyl (C=O) groups is 1. The Labute approximate surface area is 182 Å². The molecule has 0 aliphatic carbocycles. The topological polar surface area (TPSA) is 69.0 Å². The number of aryl methyl sites for hydroxylation is 2. The standard InChI is InChI=1S/C23H30N4O2S/c1-7-29-19-11-9-18(10-12-19)25-22(28)21-16(5)24-23(30-21)27-17(6)20(15(4)26-27)13-8-14(2)3/h9-12,14H,7-8,13H2,1-6H3,(H,25,28). The molecule has 0 aliphatic rings. The maximum Gasteiger partial charge on any atom is 0.267 e. The van der Waals surface area contributed by atoms with Crippen molar-refractivity contribution >= 4 is 22.9 Å². The molecule has 0 saturated carbocycles. The molecule has 0 unspecified atom stereocenters. The number of nitrogens with zero attached hydrogens (tertiary/aromatic N) is 3. The first-order valence-electron chi connectivity index (χ1n) is 10.4. The van der Waals surface area contributed by atoms with Gasteiger partial charge in [0, 0.05) is 11.4 Å². The fraction of sp³-hybridized carbons (Fsp3) is 0.435. The van der Waals surface area contributed by atoms with E-state index in [0.29, 0.717) is 23.1 Å². The average molecular weight is 427 g/mol. The van der Waals surface area contributed by atoms with Crippen LogP contribution in [0.25, 0.3) is 5.13 Å². The number of hydrogen-bond donors (Lipinski definition) is 1. The molecule has 3 rings (SSSR count). The van der Waals surface area contributed by atoms with Crippen molar-refractivity contribution in [3.8, 4) is 10.9 Å². The summed E-state index contributed by atoms with van der Waals surface area (Å²) >= 11 is 1.36. The van der Waals surface area contributed by atoms with Crippen LogP contribution in [0.3, 0.4) is 0 Å². The Morgan fingerprint density at radius 3 is 2.50 bits per heavy atom. The van der Waals surface area contributed by atoms with E-state index in [2.05, 4.69) is 31.1 Å². The minimum Gasteiger partial charge on any atom is -0.494 e. The first-order valence-corrected chi connectivity index (χ1v) is 11.2. The van der Waals surface area contributed by atoms with Gasteiger partial charge in [-0.2, -0.15) is 5.10 Å². The zero-order chi connectivity index (χ0) is 21.8. The molecule has 3 aromatic rings. The van der Waals surface area contributed by atoms with Crippen molar-refractivity contribution in [1.82, 2.24) is 14.8 Å². The van der Waals surface area contributed by atoms with Crippen LogP contribution in [-0.2, 0) is 6.42 Å². The van der Waals surface area contributed by atoms with Gasteiger partial charge in [-0.3, -0.25) is 4.79 Å². The summed E-state index contributed by atoms with van der Waals surface area (Å²) in [5.41, 5.74) is 4.83. The molecule has 30 heavy (non-hydrogen) atoms. The van der Waals surface area contributed by atoms with Crippen LogP contribution in [0.4, 0.5) is 5.69 Å². The van der Waals surface area contributed by atoms with Crippen LogP contribution in [0.2, 0.25) is 0 Å². The van der Waals surface area contributed by atoms with Crippen molar-refractivity contribution in [3.63, 3.8) is 0 Å². The zero-order valence-corrected chi connectivity index (χ0v) is 19.4. The monoisotopic (exact) mass is 426 g/mol. The zero-order valence-electron chi connectivity index (χ0n) is 18.6. The average Bonchev–Trinajstić information content (AvgIpc) is 3.21. The molecular formula is C23H30N4O2S. The van der Waals surface area contributed by atoms with Gasteiger partial charge in [0.05, 0.1) is 18.0 Å². The smallest absolute Gasteiger partial charge is 0.267 e. The van der Waals surface area contributed by atoms with E-state index in [1.807, 2.05) is 49.7 Å². The third-order valence-electron chi connectivity index (χ3n) is 5.01. The summed E-state index contributed by atoms with van der Waals surface area (Å²) < 4.78 is 7.32. The number of benzene rings is 1. The molecule has 160 valence electrons. The third kappa shape index (κ3) is 4.90. The Morgan fingerprint density at radius 2 is 1.87 bits per heavy atom. The number of thiazole rings is 1. The van der Waals surface area contributed by atoms with Crippen LogP contribution < -0.4 is 10.1 Å². The fourth-order valence-corrected chi connectivity index (χ4v) is 4.29. The number of nitrogens with one attached hydrogen (secondary N) is 1. The van der Waals surface area contributed by atoms with Gasteiger partial charge < -0.3 is 10.1 Å². The molecule has 0 atom stereocenters. The van der Waals surface area contributed by atoms with Crippen LogP contribution in [0.1, 0.15) is 59.5 Å². The molecule has 2 aromatic heterocycles. The van der Waals surface area contributed by atoms with Crippen molar-refractivity contribution in [3.05, 3.63) is 51.8 Å². The van der Waals surface area contributed by atoms with Crippen molar-refractivity contribution in [2.24, 2.45) is 5.92 Å². The summed E-state index contributed by atoms with van der Waals surface area (Å²) in [6.07, 6.45) is 2.13. The van der Waals surface area contributed by atoms with E-state index in [1.54, 1.807) is 0 Å². The normalized spacial score (nSPS) is 11.2. The lowest BCUT2D eigenvalue weighted by Gasteiger charge is -2.06. The molecular weight excluding hydrogens is 396 g/mol. The molecule has 0 spiro atoms. The lowest BCUT2D eigenvalue weighted by molar-refractivity contribution is 0.103. The van der Waals surface area contributed by atoms with Crippen LogP contribution in [0.15, 0.2) is 24.3 Å². The summed E-state index contributed by atoms with van der Waals surface area (Å²) in [5.74, 6) is 1.26. The van der Waals surface area contributed by atoms with E-state index in [4.69, 9.17) is 9.84 Å². The second kappa shape index (κ2) is 9.43. The van der Waals surface area contributed by atoms with Gasteiger partial charge in [-0.1, -0.05) is 25.2 Å². The molecule has 0 radical (unpaired) electrons. The number of anilines is 1. The molecule has 1 N–H and O–H groups in total. The fourth-order valence-electron chi connectivity index (χ4n) is 3.33. The summed E-state index contributed by atoms with van der Waals surface area (Å²) in [5, 5.41) is 8.37. The highest BCUT2D eigenvalue weighted by atomic mass is 32.1. The number of rotatable bonds is 8. The highest BCUT2D eigenvalue weighted by Gasteiger charge is 2.20. The van der Waals surface area contributed by atoms with E-state index in [1.165, 1.54) is 16.9 Å². The highest BCUT2D eigenvalue weighted by Crippen LogP contribution is 2.27. The van der Waals surface area contributed by atoms with Crippen LogP contribution >= 0.6 is 11.3 Å². The molecule has 0 saturated heterocycles. The summed E-state index contributed by atoms with van der Waals surface area (Å²) in [6, 6.07) is 7.36. The minimum absolute atomic E-state index is 0.165. The summed E-state index contributed by atoms with van der Waals surface area (Å²) in [6.45, 7) is 13.0. The van der Waals surface area contributed by atoms with Crippen molar-refractivity contribution in [1.29, 1.82) is 0 Å². The lowest BCUT2D eigenvalue weighted by Crippen LogP contribution is -2.11. The van der Waals surface area contributed by atoms with E-state index in [0.717, 1.165) is 40.8 Å². The van der Waals surface area contributed by atoms with Gasteiger partial charge in [0.2, 0.25) is 5.13 Å². The number of amides is 1. The SMILES string of the molecule is CCOc1ccc(NC(=O)c2sc(-n3nc(C)c(CCC(C)C)c3C)nc2C)cc1. The molecule has 1 aromatic carbocycles. The predicted molar refractivity (Wildman–Crippen MR) is 122 cm³/mol. The van der Waals surface area contributed by atoms with Crippen molar-refractivity contribution in [2.75, 3.05) is 11.9 Å². The summed E-state index contributed by atoms with van der Waals surface area (Å²) in [7, 11) is 0. The molecule has 0 fully saturated rings. The number of ether oxygens (including phenoxy) is 1. The van der Waals surface area contributed by atoms with Gasteiger partial charge in [0.1, 0.15) is 10.6 Å². The van der Waals surface area contributed by atoms with Gasteiger partial charge in [-0.25, -0.2) is 9.67 Å². The van der Waals surface area contributed by atoms with E-state index in [-0.39, 0.29) is 5.91 Å². The van der Waals surface area contributed by atoms with Crippen LogP contribution in [0.5, 0.6) is 5.75 Å². The molecule has 0 aliphatic heterocycles. The Hall–Kier alpha value is -2.67. The van der Waals surface area contributed by atoms with Gasteiger partial charge in [0.25, 0.3) is 5.91 Å². The molecule has 7 heteroatoms.